The Labute approximate surface area is 88.0 Å². The van der Waals surface area contributed by atoms with Gasteiger partial charge in [-0.05, 0) is 13.3 Å². The lowest BCUT2D eigenvalue weighted by Crippen LogP contribution is -2.17. The van der Waals surface area contributed by atoms with E-state index in [4.69, 9.17) is 17.4 Å². The fourth-order valence-corrected chi connectivity index (χ4v) is 1.02. The van der Waals surface area contributed by atoms with Crippen LogP contribution in [-0.2, 0) is 0 Å². The van der Waals surface area contributed by atoms with E-state index in [0.717, 1.165) is 6.42 Å². The third-order valence-electron chi connectivity index (χ3n) is 1.87. The molecule has 0 radical (unpaired) electrons. The number of halogens is 1. The molecule has 4 N–H and O–H groups in total. The Balaban J connectivity index is 2.83. The van der Waals surface area contributed by atoms with E-state index in [1.807, 2.05) is 6.92 Å². The standard InChI is InChI=1S/C8H14ClN5/c1-3-5(2)12-7-6(9)4-11-8(13-7)14-10/h4-5H,3,10H2,1-2H3,(H2,11,12,13,14). The molecular weight excluding hydrogens is 202 g/mol. The molecule has 0 aliphatic carbocycles. The van der Waals surface area contributed by atoms with Crippen molar-refractivity contribution in [3.05, 3.63) is 11.2 Å². The Morgan fingerprint density at radius 3 is 2.93 bits per heavy atom. The van der Waals surface area contributed by atoms with E-state index < -0.39 is 0 Å². The van der Waals surface area contributed by atoms with E-state index in [0.29, 0.717) is 22.8 Å². The Hall–Kier alpha value is -1.07. The largest absolute Gasteiger partial charge is 0.366 e. The lowest BCUT2D eigenvalue weighted by Gasteiger charge is -2.13. The van der Waals surface area contributed by atoms with Crippen molar-refractivity contribution in [3.63, 3.8) is 0 Å². The molecule has 0 amide bonds. The van der Waals surface area contributed by atoms with Gasteiger partial charge in [-0.1, -0.05) is 18.5 Å². The highest BCUT2D eigenvalue weighted by Gasteiger charge is 2.06. The van der Waals surface area contributed by atoms with Gasteiger partial charge in [0.2, 0.25) is 5.95 Å². The molecule has 1 rings (SSSR count). The second-order valence-electron chi connectivity index (χ2n) is 2.99. The molecule has 0 aliphatic rings. The molecule has 0 spiro atoms. The van der Waals surface area contributed by atoms with Crippen LogP contribution >= 0.6 is 11.6 Å². The number of aromatic nitrogens is 2. The number of rotatable bonds is 4. The summed E-state index contributed by atoms with van der Waals surface area (Å²) >= 11 is 5.90. The number of hydrogen-bond donors (Lipinski definition) is 3. The van der Waals surface area contributed by atoms with Crippen molar-refractivity contribution >= 4 is 23.4 Å². The van der Waals surface area contributed by atoms with Crippen molar-refractivity contribution in [2.45, 2.75) is 26.3 Å². The van der Waals surface area contributed by atoms with Crippen molar-refractivity contribution in [3.8, 4) is 0 Å². The van der Waals surface area contributed by atoms with Crippen LogP contribution in [0, 0.1) is 0 Å². The fraction of sp³-hybridized carbons (Fsp3) is 0.500. The van der Waals surface area contributed by atoms with Crippen LogP contribution < -0.4 is 16.6 Å². The maximum absolute atomic E-state index is 5.90. The number of nitrogens with one attached hydrogen (secondary N) is 2. The Morgan fingerprint density at radius 2 is 2.36 bits per heavy atom. The average Bonchev–Trinajstić information content (AvgIpc) is 2.21. The number of hydrogen-bond acceptors (Lipinski definition) is 5. The Kier molecular flexibility index (Phi) is 3.91. The van der Waals surface area contributed by atoms with Crippen LogP contribution in [0.5, 0.6) is 0 Å². The van der Waals surface area contributed by atoms with Crippen molar-refractivity contribution in [2.75, 3.05) is 10.7 Å². The molecule has 5 nitrogen and oxygen atoms in total. The average molecular weight is 216 g/mol. The maximum atomic E-state index is 5.90. The first-order valence-electron chi connectivity index (χ1n) is 4.43. The smallest absolute Gasteiger partial charge is 0.239 e. The number of anilines is 2. The number of nitrogens with zero attached hydrogens (tertiary/aromatic N) is 2. The quantitative estimate of drug-likeness (QED) is 0.526. The third-order valence-corrected chi connectivity index (χ3v) is 2.15. The van der Waals surface area contributed by atoms with Crippen LogP contribution in [-0.4, -0.2) is 16.0 Å². The van der Waals surface area contributed by atoms with E-state index in [-0.39, 0.29) is 0 Å². The molecule has 14 heavy (non-hydrogen) atoms. The summed E-state index contributed by atoms with van der Waals surface area (Å²) in [4.78, 5) is 7.96. The van der Waals surface area contributed by atoms with Crippen molar-refractivity contribution in [1.29, 1.82) is 0 Å². The lowest BCUT2D eigenvalue weighted by atomic mass is 10.2. The van der Waals surface area contributed by atoms with Crippen LogP contribution in [0.15, 0.2) is 6.20 Å². The molecule has 0 aromatic carbocycles. The van der Waals surface area contributed by atoms with Crippen molar-refractivity contribution in [2.24, 2.45) is 5.84 Å². The van der Waals surface area contributed by atoms with Crippen LogP contribution in [0.2, 0.25) is 5.02 Å². The van der Waals surface area contributed by atoms with Crippen LogP contribution in [0.4, 0.5) is 11.8 Å². The number of nitrogens with two attached hydrogens (primary N) is 1. The van der Waals surface area contributed by atoms with Crippen LogP contribution in [0.3, 0.4) is 0 Å². The lowest BCUT2D eigenvalue weighted by molar-refractivity contribution is 0.758. The highest BCUT2D eigenvalue weighted by atomic mass is 35.5. The van der Waals surface area contributed by atoms with Gasteiger partial charge < -0.3 is 5.32 Å². The summed E-state index contributed by atoms with van der Waals surface area (Å²) in [6.07, 6.45) is 2.50. The minimum absolute atomic E-state index is 0.313. The van der Waals surface area contributed by atoms with E-state index in [2.05, 4.69) is 27.6 Å². The summed E-state index contributed by atoms with van der Waals surface area (Å²) in [6, 6.07) is 0.313. The highest BCUT2D eigenvalue weighted by Crippen LogP contribution is 2.20. The first-order chi connectivity index (χ1) is 6.67. The number of nitrogen functional groups attached to an aromatic ring is 1. The van der Waals surface area contributed by atoms with Crippen LogP contribution in [0.1, 0.15) is 20.3 Å². The summed E-state index contributed by atoms with van der Waals surface area (Å²) in [5.41, 5.74) is 2.36. The third kappa shape index (κ3) is 2.71. The fourth-order valence-electron chi connectivity index (χ4n) is 0.873. The van der Waals surface area contributed by atoms with Gasteiger partial charge in [0.1, 0.15) is 5.02 Å². The van der Waals surface area contributed by atoms with Gasteiger partial charge in [0, 0.05) is 6.04 Å². The zero-order valence-electron chi connectivity index (χ0n) is 8.21. The number of hydrazine groups is 1. The minimum atomic E-state index is 0.313. The summed E-state index contributed by atoms with van der Waals surface area (Å²) in [6.45, 7) is 4.13. The van der Waals surface area contributed by atoms with E-state index in [1.165, 1.54) is 6.20 Å². The van der Waals surface area contributed by atoms with Gasteiger partial charge >= 0.3 is 0 Å². The molecule has 0 fully saturated rings. The Morgan fingerprint density at radius 1 is 1.64 bits per heavy atom. The normalized spacial score (nSPS) is 12.3. The molecule has 6 heteroatoms. The summed E-state index contributed by atoms with van der Waals surface area (Å²) in [5.74, 6) is 6.13. The van der Waals surface area contributed by atoms with Gasteiger partial charge in [-0.25, -0.2) is 10.8 Å². The molecule has 1 aromatic heterocycles. The van der Waals surface area contributed by atoms with Gasteiger partial charge in [0.25, 0.3) is 0 Å². The van der Waals surface area contributed by atoms with E-state index in [1.54, 1.807) is 0 Å². The van der Waals surface area contributed by atoms with Gasteiger partial charge in [0.15, 0.2) is 5.82 Å². The van der Waals surface area contributed by atoms with Gasteiger partial charge in [-0.3, -0.25) is 5.43 Å². The van der Waals surface area contributed by atoms with E-state index in [9.17, 15) is 0 Å². The van der Waals surface area contributed by atoms with Crippen molar-refractivity contribution in [1.82, 2.24) is 9.97 Å². The van der Waals surface area contributed by atoms with E-state index >= 15 is 0 Å². The SMILES string of the molecule is CCC(C)Nc1nc(NN)ncc1Cl. The molecule has 78 valence electrons. The molecule has 1 aromatic rings. The predicted octanol–water partition coefficient (Wildman–Crippen LogP) is 1.63. The molecular formula is C8H14ClN5. The predicted molar refractivity (Wildman–Crippen MR) is 58.2 cm³/mol. The van der Waals surface area contributed by atoms with Gasteiger partial charge in [-0.2, -0.15) is 4.98 Å². The minimum Gasteiger partial charge on any atom is -0.366 e. The summed E-state index contributed by atoms with van der Waals surface area (Å²) < 4.78 is 0. The monoisotopic (exact) mass is 215 g/mol. The Bertz CT molecular complexity index is 304. The molecule has 0 saturated carbocycles. The second kappa shape index (κ2) is 4.97. The molecule has 1 unspecified atom stereocenters. The molecule has 0 aliphatic heterocycles. The molecule has 1 heterocycles. The molecule has 1 atom stereocenters. The van der Waals surface area contributed by atoms with Crippen LogP contribution in [0.25, 0.3) is 0 Å². The zero-order chi connectivity index (χ0) is 10.6. The second-order valence-corrected chi connectivity index (χ2v) is 3.40. The van der Waals surface area contributed by atoms with Crippen molar-refractivity contribution < 1.29 is 0 Å². The zero-order valence-corrected chi connectivity index (χ0v) is 8.97. The summed E-state index contributed by atoms with van der Waals surface area (Å²) in [7, 11) is 0. The molecule has 0 saturated heterocycles. The topological polar surface area (TPSA) is 75.9 Å². The highest BCUT2D eigenvalue weighted by molar-refractivity contribution is 6.32. The maximum Gasteiger partial charge on any atom is 0.239 e. The van der Waals surface area contributed by atoms with Gasteiger partial charge in [0.05, 0.1) is 6.20 Å². The molecule has 0 bridgehead atoms. The first kappa shape index (κ1) is 11.0. The van der Waals surface area contributed by atoms with Gasteiger partial charge in [-0.15, -0.1) is 0 Å². The first-order valence-corrected chi connectivity index (χ1v) is 4.80. The summed E-state index contributed by atoms with van der Waals surface area (Å²) in [5, 5.41) is 3.65.